The fourth-order valence-electron chi connectivity index (χ4n) is 1.68. The molecular formula is C13H19ClN2O2. The van der Waals surface area contributed by atoms with Gasteiger partial charge in [-0.1, -0.05) is 11.6 Å². The predicted molar refractivity (Wildman–Crippen MR) is 73.7 cm³/mol. The van der Waals surface area contributed by atoms with Gasteiger partial charge in [-0.05, 0) is 39.0 Å². The van der Waals surface area contributed by atoms with E-state index in [1.165, 1.54) is 0 Å². The zero-order valence-corrected chi connectivity index (χ0v) is 11.7. The van der Waals surface area contributed by atoms with Gasteiger partial charge in [0, 0.05) is 23.8 Å². The zero-order chi connectivity index (χ0) is 13.9. The summed E-state index contributed by atoms with van der Waals surface area (Å²) in [7, 11) is 0. The topological polar surface area (TPSA) is 66.6 Å². The number of nitrogens with zero attached hydrogens (tertiary/aromatic N) is 1. The van der Waals surface area contributed by atoms with E-state index in [1.807, 2.05) is 6.92 Å². The maximum absolute atomic E-state index is 12.3. The number of amides is 1. The lowest BCUT2D eigenvalue weighted by molar-refractivity contribution is 0.0315. The standard InChI is InChI=1S/C13H19ClN2O2/c1-4-16(8-13(2,3)18)12(17)10-7-9(14)5-6-11(10)15/h5-7,18H,4,8,15H2,1-3H3. The number of likely N-dealkylation sites (N-methyl/N-ethyl adjacent to an activating group) is 1. The average molecular weight is 271 g/mol. The summed E-state index contributed by atoms with van der Waals surface area (Å²) in [4.78, 5) is 13.8. The molecular weight excluding hydrogens is 252 g/mol. The van der Waals surface area contributed by atoms with Gasteiger partial charge in [-0.2, -0.15) is 0 Å². The molecule has 0 fully saturated rings. The van der Waals surface area contributed by atoms with Crippen LogP contribution in [0.5, 0.6) is 0 Å². The van der Waals surface area contributed by atoms with Crippen molar-refractivity contribution in [3.8, 4) is 0 Å². The van der Waals surface area contributed by atoms with E-state index in [9.17, 15) is 9.90 Å². The molecule has 0 aromatic heterocycles. The smallest absolute Gasteiger partial charge is 0.256 e. The summed E-state index contributed by atoms with van der Waals surface area (Å²) < 4.78 is 0. The number of carbonyl (C=O) groups is 1. The molecule has 0 aliphatic heterocycles. The number of aliphatic hydroxyl groups is 1. The first-order chi connectivity index (χ1) is 8.24. The van der Waals surface area contributed by atoms with Gasteiger partial charge in [0.15, 0.2) is 0 Å². The number of halogens is 1. The lowest BCUT2D eigenvalue weighted by Gasteiger charge is -2.28. The van der Waals surface area contributed by atoms with E-state index >= 15 is 0 Å². The molecule has 0 bridgehead atoms. The largest absolute Gasteiger partial charge is 0.398 e. The van der Waals surface area contributed by atoms with Crippen LogP contribution < -0.4 is 5.73 Å². The van der Waals surface area contributed by atoms with E-state index in [1.54, 1.807) is 36.9 Å². The Hall–Kier alpha value is -1.26. The van der Waals surface area contributed by atoms with Crippen LogP contribution in [-0.4, -0.2) is 34.6 Å². The first-order valence-electron chi connectivity index (χ1n) is 5.81. The van der Waals surface area contributed by atoms with Crippen molar-refractivity contribution in [3.63, 3.8) is 0 Å². The number of hydrogen-bond acceptors (Lipinski definition) is 3. The lowest BCUT2D eigenvalue weighted by Crippen LogP contribution is -2.42. The number of nitrogen functional groups attached to an aromatic ring is 1. The van der Waals surface area contributed by atoms with Gasteiger partial charge in [-0.25, -0.2) is 0 Å². The van der Waals surface area contributed by atoms with Crippen LogP contribution in [0, 0.1) is 0 Å². The summed E-state index contributed by atoms with van der Waals surface area (Å²) in [5, 5.41) is 10.3. The van der Waals surface area contributed by atoms with Crippen molar-refractivity contribution in [3.05, 3.63) is 28.8 Å². The first-order valence-corrected chi connectivity index (χ1v) is 6.19. The van der Waals surface area contributed by atoms with Gasteiger partial charge in [0.1, 0.15) is 0 Å². The van der Waals surface area contributed by atoms with Crippen molar-refractivity contribution in [1.29, 1.82) is 0 Å². The molecule has 100 valence electrons. The second kappa shape index (κ2) is 5.59. The number of hydrogen-bond donors (Lipinski definition) is 2. The minimum Gasteiger partial charge on any atom is -0.398 e. The van der Waals surface area contributed by atoms with Crippen LogP contribution >= 0.6 is 11.6 Å². The molecule has 3 N–H and O–H groups in total. The summed E-state index contributed by atoms with van der Waals surface area (Å²) in [6.45, 7) is 5.90. The SMILES string of the molecule is CCN(CC(C)(C)O)C(=O)c1cc(Cl)ccc1N. The van der Waals surface area contributed by atoms with Crippen molar-refractivity contribution in [2.24, 2.45) is 0 Å². The van der Waals surface area contributed by atoms with Crippen LogP contribution in [0.25, 0.3) is 0 Å². The van der Waals surface area contributed by atoms with E-state index in [4.69, 9.17) is 17.3 Å². The van der Waals surface area contributed by atoms with Crippen LogP contribution in [0.4, 0.5) is 5.69 Å². The maximum Gasteiger partial charge on any atom is 0.256 e. The molecule has 0 atom stereocenters. The number of anilines is 1. The molecule has 0 saturated heterocycles. The Morgan fingerprint density at radius 1 is 1.50 bits per heavy atom. The van der Waals surface area contributed by atoms with Gasteiger partial charge in [-0.3, -0.25) is 4.79 Å². The van der Waals surface area contributed by atoms with Crippen molar-refractivity contribution >= 4 is 23.2 Å². The van der Waals surface area contributed by atoms with Crippen molar-refractivity contribution in [2.75, 3.05) is 18.8 Å². The summed E-state index contributed by atoms with van der Waals surface area (Å²) in [6, 6.07) is 4.79. The Bertz CT molecular complexity index is 441. The molecule has 18 heavy (non-hydrogen) atoms. The second-order valence-electron chi connectivity index (χ2n) is 4.86. The third-order valence-corrected chi connectivity index (χ3v) is 2.73. The maximum atomic E-state index is 12.3. The van der Waals surface area contributed by atoms with Gasteiger partial charge in [0.25, 0.3) is 5.91 Å². The normalized spacial score (nSPS) is 11.4. The van der Waals surface area contributed by atoms with Gasteiger partial charge in [0.2, 0.25) is 0 Å². The highest BCUT2D eigenvalue weighted by Crippen LogP contribution is 2.20. The second-order valence-corrected chi connectivity index (χ2v) is 5.30. The fourth-order valence-corrected chi connectivity index (χ4v) is 1.85. The Balaban J connectivity index is 3.00. The van der Waals surface area contributed by atoms with Crippen LogP contribution in [0.2, 0.25) is 5.02 Å². The Morgan fingerprint density at radius 2 is 2.11 bits per heavy atom. The number of nitrogens with two attached hydrogens (primary N) is 1. The molecule has 0 radical (unpaired) electrons. The monoisotopic (exact) mass is 270 g/mol. The molecule has 1 aromatic carbocycles. The summed E-state index contributed by atoms with van der Waals surface area (Å²) in [5.41, 5.74) is 5.59. The van der Waals surface area contributed by atoms with Crippen LogP contribution in [-0.2, 0) is 0 Å². The van der Waals surface area contributed by atoms with Gasteiger partial charge in [0.05, 0.1) is 11.2 Å². The quantitative estimate of drug-likeness (QED) is 0.824. The number of rotatable bonds is 4. The van der Waals surface area contributed by atoms with Gasteiger partial charge < -0.3 is 15.7 Å². The molecule has 4 nitrogen and oxygen atoms in total. The first kappa shape index (κ1) is 14.8. The molecule has 0 saturated carbocycles. The summed E-state index contributed by atoms with van der Waals surface area (Å²) in [5.74, 6) is -0.223. The molecule has 0 heterocycles. The van der Waals surface area contributed by atoms with E-state index in [0.29, 0.717) is 22.8 Å². The Morgan fingerprint density at radius 3 is 2.61 bits per heavy atom. The summed E-state index contributed by atoms with van der Waals surface area (Å²) in [6.07, 6.45) is 0. The van der Waals surface area contributed by atoms with E-state index in [-0.39, 0.29) is 12.5 Å². The predicted octanol–water partition coefficient (Wildman–Crippen LogP) is 2.16. The van der Waals surface area contributed by atoms with E-state index < -0.39 is 5.60 Å². The van der Waals surface area contributed by atoms with Crippen LogP contribution in [0.15, 0.2) is 18.2 Å². The minimum atomic E-state index is -0.945. The molecule has 5 heteroatoms. The number of carbonyl (C=O) groups excluding carboxylic acids is 1. The van der Waals surface area contributed by atoms with Gasteiger partial charge >= 0.3 is 0 Å². The van der Waals surface area contributed by atoms with Crippen molar-refractivity contribution < 1.29 is 9.90 Å². The zero-order valence-electron chi connectivity index (χ0n) is 10.9. The molecule has 1 rings (SSSR count). The minimum absolute atomic E-state index is 0.223. The van der Waals surface area contributed by atoms with Crippen LogP contribution in [0.3, 0.4) is 0 Å². The number of benzene rings is 1. The lowest BCUT2D eigenvalue weighted by atomic mass is 10.1. The third-order valence-electron chi connectivity index (χ3n) is 2.49. The van der Waals surface area contributed by atoms with Crippen molar-refractivity contribution in [2.45, 2.75) is 26.4 Å². The van der Waals surface area contributed by atoms with Crippen LogP contribution in [0.1, 0.15) is 31.1 Å². The molecule has 0 aliphatic rings. The molecule has 0 unspecified atom stereocenters. The third kappa shape index (κ3) is 3.89. The molecule has 1 amide bonds. The van der Waals surface area contributed by atoms with Gasteiger partial charge in [-0.15, -0.1) is 0 Å². The van der Waals surface area contributed by atoms with E-state index in [0.717, 1.165) is 0 Å². The molecule has 1 aromatic rings. The fraction of sp³-hybridized carbons (Fsp3) is 0.462. The molecule has 0 spiro atoms. The average Bonchev–Trinajstić information content (AvgIpc) is 2.27. The summed E-state index contributed by atoms with van der Waals surface area (Å²) >= 11 is 5.87. The van der Waals surface area contributed by atoms with Crippen molar-refractivity contribution in [1.82, 2.24) is 4.90 Å². The highest BCUT2D eigenvalue weighted by atomic mass is 35.5. The highest BCUT2D eigenvalue weighted by molar-refractivity contribution is 6.31. The highest BCUT2D eigenvalue weighted by Gasteiger charge is 2.23. The Kier molecular flexibility index (Phi) is 4.59. The molecule has 0 aliphatic carbocycles. The Labute approximate surface area is 112 Å². The van der Waals surface area contributed by atoms with E-state index in [2.05, 4.69) is 0 Å².